The van der Waals surface area contributed by atoms with Crippen molar-refractivity contribution in [2.24, 2.45) is 0 Å². The van der Waals surface area contributed by atoms with Crippen LogP contribution in [0.3, 0.4) is 0 Å². The van der Waals surface area contributed by atoms with Gasteiger partial charge in [0, 0.05) is 17.2 Å². The lowest BCUT2D eigenvalue weighted by atomic mass is 10.3. The van der Waals surface area contributed by atoms with Crippen LogP contribution in [-0.2, 0) is 11.3 Å². The molecule has 146 valence electrons. The van der Waals surface area contributed by atoms with Crippen molar-refractivity contribution in [2.75, 3.05) is 12.3 Å². The second kappa shape index (κ2) is 8.74. The van der Waals surface area contributed by atoms with Crippen LogP contribution in [0.4, 0.5) is 0 Å². The van der Waals surface area contributed by atoms with Crippen LogP contribution in [0.5, 0.6) is 0 Å². The number of carbonyl (C=O) groups excluding carboxylic acids is 1. The van der Waals surface area contributed by atoms with Gasteiger partial charge in [0.05, 0.1) is 11.9 Å². The Labute approximate surface area is 171 Å². The third-order valence-electron chi connectivity index (χ3n) is 4.31. The van der Waals surface area contributed by atoms with Crippen LogP contribution in [-0.4, -0.2) is 37.5 Å². The second-order valence-corrected chi connectivity index (χ2v) is 7.49. The number of thioether (sulfide) groups is 1. The second-order valence-electron chi connectivity index (χ2n) is 6.32. The van der Waals surface area contributed by atoms with Gasteiger partial charge in [-0.25, -0.2) is 9.67 Å². The summed E-state index contributed by atoms with van der Waals surface area (Å²) in [6.07, 6.45) is 2.88. The van der Waals surface area contributed by atoms with Crippen molar-refractivity contribution in [3.8, 4) is 5.69 Å². The first-order valence-corrected chi connectivity index (χ1v) is 10.1. The summed E-state index contributed by atoms with van der Waals surface area (Å²) < 4.78 is 2.92. The van der Waals surface area contributed by atoms with E-state index in [0.29, 0.717) is 17.6 Å². The average molecular weight is 405 g/mol. The average Bonchev–Trinajstić information content (AvgIpc) is 3.20. The Bertz CT molecular complexity index is 1170. The molecule has 0 unspecified atom stereocenters. The minimum Gasteiger partial charge on any atom is -0.354 e. The number of aromatic nitrogens is 4. The van der Waals surface area contributed by atoms with Crippen molar-refractivity contribution in [3.63, 3.8) is 0 Å². The Kier molecular flexibility index (Phi) is 5.71. The van der Waals surface area contributed by atoms with E-state index in [1.54, 1.807) is 16.4 Å². The Hall–Kier alpha value is -3.39. The number of benzene rings is 2. The molecule has 0 spiro atoms. The van der Waals surface area contributed by atoms with Crippen LogP contribution in [0.2, 0.25) is 0 Å². The van der Waals surface area contributed by atoms with Gasteiger partial charge in [0.25, 0.3) is 5.56 Å². The summed E-state index contributed by atoms with van der Waals surface area (Å²) in [5.41, 5.74) is 1.00. The van der Waals surface area contributed by atoms with Crippen molar-refractivity contribution in [1.29, 1.82) is 0 Å². The van der Waals surface area contributed by atoms with Gasteiger partial charge in [-0.3, -0.25) is 14.2 Å². The molecule has 0 aliphatic carbocycles. The largest absolute Gasteiger partial charge is 0.354 e. The number of hydrogen-bond donors (Lipinski definition) is 1. The lowest BCUT2D eigenvalue weighted by Gasteiger charge is -2.08. The Balaban J connectivity index is 1.40. The van der Waals surface area contributed by atoms with E-state index in [0.717, 1.165) is 16.3 Å². The first-order valence-electron chi connectivity index (χ1n) is 9.15. The molecule has 4 aromatic rings. The van der Waals surface area contributed by atoms with E-state index in [1.165, 1.54) is 17.1 Å². The lowest BCUT2D eigenvalue weighted by molar-refractivity contribution is -0.121. The number of carbonyl (C=O) groups is 1. The Morgan fingerprint density at radius 2 is 1.76 bits per heavy atom. The van der Waals surface area contributed by atoms with Crippen molar-refractivity contribution in [2.45, 2.75) is 11.4 Å². The topological polar surface area (TPSA) is 81.8 Å². The predicted molar refractivity (Wildman–Crippen MR) is 113 cm³/mol. The molecule has 8 heteroatoms. The summed E-state index contributed by atoms with van der Waals surface area (Å²) in [7, 11) is 0. The van der Waals surface area contributed by atoms with Crippen LogP contribution >= 0.6 is 11.8 Å². The zero-order chi connectivity index (χ0) is 20.1. The summed E-state index contributed by atoms with van der Waals surface area (Å²) in [6, 6.07) is 19.5. The van der Waals surface area contributed by atoms with Crippen molar-refractivity contribution in [1.82, 2.24) is 24.6 Å². The molecule has 0 aliphatic heterocycles. The van der Waals surface area contributed by atoms with E-state index >= 15 is 0 Å². The highest BCUT2D eigenvalue weighted by Gasteiger charge is 2.13. The highest BCUT2D eigenvalue weighted by Crippen LogP contribution is 2.16. The van der Waals surface area contributed by atoms with E-state index in [2.05, 4.69) is 15.4 Å². The van der Waals surface area contributed by atoms with Crippen molar-refractivity contribution in [3.05, 3.63) is 83.5 Å². The predicted octanol–water partition coefficient (Wildman–Crippen LogP) is 2.49. The number of para-hydroxylation sites is 1. The van der Waals surface area contributed by atoms with Crippen LogP contribution in [0, 0.1) is 0 Å². The first kappa shape index (κ1) is 18.9. The number of amides is 1. The third kappa shape index (κ3) is 4.38. The van der Waals surface area contributed by atoms with E-state index in [9.17, 15) is 9.59 Å². The minimum absolute atomic E-state index is 0.0751. The summed E-state index contributed by atoms with van der Waals surface area (Å²) in [4.78, 5) is 30.4. The summed E-state index contributed by atoms with van der Waals surface area (Å²) in [6.45, 7) is 0.447. The van der Waals surface area contributed by atoms with Gasteiger partial charge < -0.3 is 5.32 Å². The van der Waals surface area contributed by atoms with Gasteiger partial charge in [-0.2, -0.15) is 5.10 Å². The maximum absolute atomic E-state index is 12.7. The molecule has 2 aromatic carbocycles. The fraction of sp³-hybridized carbons (Fsp3) is 0.143. The number of nitrogens with one attached hydrogen (secondary N) is 1. The first-order chi connectivity index (χ1) is 14.2. The molecule has 29 heavy (non-hydrogen) atoms. The van der Waals surface area contributed by atoms with Gasteiger partial charge in [-0.05, 0) is 24.3 Å². The van der Waals surface area contributed by atoms with Crippen LogP contribution in [0.15, 0.2) is 82.9 Å². The van der Waals surface area contributed by atoms with Gasteiger partial charge in [0.2, 0.25) is 5.91 Å². The monoisotopic (exact) mass is 405 g/mol. The molecular formula is C21H19N5O2S. The lowest BCUT2D eigenvalue weighted by Crippen LogP contribution is -2.33. The maximum Gasteiger partial charge on any atom is 0.264 e. The molecule has 4 rings (SSSR count). The molecule has 0 radical (unpaired) electrons. The van der Waals surface area contributed by atoms with Crippen molar-refractivity contribution < 1.29 is 4.79 Å². The number of fused-ring (bicyclic) bond motifs is 1. The molecule has 0 aliphatic rings. The van der Waals surface area contributed by atoms with Crippen LogP contribution in [0.25, 0.3) is 16.7 Å². The molecule has 0 fully saturated rings. The summed E-state index contributed by atoms with van der Waals surface area (Å²) in [5.74, 6) is 0.531. The normalized spacial score (nSPS) is 10.9. The zero-order valence-corrected chi connectivity index (χ0v) is 16.4. The Morgan fingerprint density at radius 3 is 2.52 bits per heavy atom. The van der Waals surface area contributed by atoms with Gasteiger partial charge >= 0.3 is 0 Å². The smallest absolute Gasteiger partial charge is 0.264 e. The fourth-order valence-corrected chi connectivity index (χ4v) is 3.70. The fourth-order valence-electron chi connectivity index (χ4n) is 2.91. The van der Waals surface area contributed by atoms with E-state index in [1.807, 2.05) is 60.7 Å². The highest BCUT2D eigenvalue weighted by atomic mass is 32.2. The standard InChI is InChI=1S/C21H19N5O2S/c27-19(22-11-12-29-17-9-5-2-6-10-17)14-25-15-23-20-18(21(25)28)13-24-26(20)16-7-3-1-4-8-16/h1-10,13,15H,11-12,14H2,(H,22,27). The van der Waals surface area contributed by atoms with Crippen molar-refractivity contribution >= 4 is 28.7 Å². The van der Waals surface area contributed by atoms with E-state index in [4.69, 9.17) is 0 Å². The molecule has 0 saturated carbocycles. The molecular weight excluding hydrogens is 386 g/mol. The van der Waals surface area contributed by atoms with Gasteiger partial charge in [-0.15, -0.1) is 11.8 Å². The third-order valence-corrected chi connectivity index (χ3v) is 5.32. The quantitative estimate of drug-likeness (QED) is 0.377. The maximum atomic E-state index is 12.7. The summed E-state index contributed by atoms with van der Waals surface area (Å²) in [5, 5.41) is 7.49. The molecule has 1 amide bonds. The van der Waals surface area contributed by atoms with Gasteiger partial charge in [0.15, 0.2) is 5.65 Å². The SMILES string of the molecule is O=C(Cn1cnc2c(cnn2-c2ccccc2)c1=O)NCCSc1ccccc1. The van der Waals surface area contributed by atoms with Gasteiger partial charge in [0.1, 0.15) is 18.3 Å². The Morgan fingerprint density at radius 1 is 1.03 bits per heavy atom. The van der Waals surface area contributed by atoms with E-state index < -0.39 is 0 Å². The van der Waals surface area contributed by atoms with Gasteiger partial charge in [-0.1, -0.05) is 36.4 Å². The highest BCUT2D eigenvalue weighted by molar-refractivity contribution is 7.99. The number of rotatable bonds is 7. The number of hydrogen-bond acceptors (Lipinski definition) is 5. The van der Waals surface area contributed by atoms with Crippen LogP contribution < -0.4 is 10.9 Å². The van der Waals surface area contributed by atoms with E-state index in [-0.39, 0.29) is 18.0 Å². The minimum atomic E-state index is -0.286. The molecule has 0 saturated heterocycles. The molecule has 2 aromatic heterocycles. The molecule has 0 atom stereocenters. The molecule has 0 bridgehead atoms. The zero-order valence-electron chi connectivity index (χ0n) is 15.6. The molecule has 7 nitrogen and oxygen atoms in total. The number of nitrogens with zero attached hydrogens (tertiary/aromatic N) is 4. The van der Waals surface area contributed by atoms with Crippen LogP contribution in [0.1, 0.15) is 0 Å². The molecule has 2 heterocycles. The molecule has 1 N–H and O–H groups in total. The summed E-state index contributed by atoms with van der Waals surface area (Å²) >= 11 is 1.67.